The van der Waals surface area contributed by atoms with E-state index >= 15 is 0 Å². The Bertz CT molecular complexity index is 1150. The van der Waals surface area contributed by atoms with Crippen molar-refractivity contribution in [3.05, 3.63) is 65.5 Å². The number of aryl methyl sites for hydroxylation is 2. The molecule has 7 nitrogen and oxygen atoms in total. The number of nitrogens with zero attached hydrogens (tertiary/aromatic N) is 2. The molecule has 1 amide bonds. The predicted molar refractivity (Wildman–Crippen MR) is 136 cm³/mol. The molecule has 0 spiro atoms. The van der Waals surface area contributed by atoms with Gasteiger partial charge in [0.1, 0.15) is 16.3 Å². The number of nitrogens with one attached hydrogen (secondary N) is 1. The lowest BCUT2D eigenvalue weighted by molar-refractivity contribution is -0.138. The smallest absolute Gasteiger partial charge is 0.319 e. The molecule has 3 rings (SSSR count). The second kappa shape index (κ2) is 10.9. The molecule has 2 aromatic carbocycles. The van der Waals surface area contributed by atoms with Crippen LogP contribution in [0.25, 0.3) is 11.4 Å². The Balaban J connectivity index is 1.91. The molecule has 2 N–H and O–H groups in total. The molecule has 0 fully saturated rings. The minimum absolute atomic E-state index is 0.230. The molecule has 1 heterocycles. The highest BCUT2D eigenvalue weighted by Crippen LogP contribution is 2.34. The maximum absolute atomic E-state index is 13.2. The van der Waals surface area contributed by atoms with E-state index in [0.717, 1.165) is 22.6 Å². The highest BCUT2D eigenvalue weighted by Gasteiger charge is 2.28. The maximum Gasteiger partial charge on any atom is 0.319 e. The van der Waals surface area contributed by atoms with E-state index in [0.29, 0.717) is 30.4 Å². The number of hydrogen-bond donors (Lipinski definition) is 2. The standard InChI is InChI=1S/C26H31N3O4S/c1-6-18-7-11-20(12-8-18)28-24(30)22-17(2)27-23(29(22)15-16-33-5)19-9-13-21(14-10-19)34-26(3,4)25(31)32/h7-14H,6,15-16H2,1-5H3,(H,28,30)(H,31,32). The molecule has 8 heteroatoms. The molecule has 3 aromatic rings. The number of carbonyl (C=O) groups excluding carboxylic acids is 1. The Labute approximate surface area is 204 Å². The summed E-state index contributed by atoms with van der Waals surface area (Å²) < 4.78 is 6.22. The Kier molecular flexibility index (Phi) is 8.17. The average molecular weight is 482 g/mol. The van der Waals surface area contributed by atoms with E-state index in [1.165, 1.54) is 17.3 Å². The van der Waals surface area contributed by atoms with E-state index in [9.17, 15) is 14.7 Å². The molecule has 0 aliphatic carbocycles. The number of anilines is 1. The number of amides is 1. The summed E-state index contributed by atoms with van der Waals surface area (Å²) in [6.45, 7) is 8.15. The van der Waals surface area contributed by atoms with Gasteiger partial charge >= 0.3 is 5.97 Å². The quantitative estimate of drug-likeness (QED) is 0.383. The van der Waals surface area contributed by atoms with E-state index in [4.69, 9.17) is 9.72 Å². The van der Waals surface area contributed by atoms with Gasteiger partial charge in [0, 0.05) is 29.8 Å². The number of carbonyl (C=O) groups is 2. The van der Waals surface area contributed by atoms with Crippen molar-refractivity contribution in [3.63, 3.8) is 0 Å². The number of hydrogen-bond acceptors (Lipinski definition) is 5. The Morgan fingerprint density at radius 3 is 2.32 bits per heavy atom. The summed E-state index contributed by atoms with van der Waals surface area (Å²) in [5.41, 5.74) is 3.87. The van der Waals surface area contributed by atoms with Crippen LogP contribution in [0, 0.1) is 6.92 Å². The Hall–Kier alpha value is -3.10. The molecule has 0 saturated carbocycles. The molecule has 0 aliphatic rings. The number of benzene rings is 2. The molecule has 0 atom stereocenters. The third-order valence-electron chi connectivity index (χ3n) is 5.50. The van der Waals surface area contributed by atoms with Crippen molar-refractivity contribution in [1.29, 1.82) is 0 Å². The van der Waals surface area contributed by atoms with Crippen molar-refractivity contribution in [2.75, 3.05) is 19.0 Å². The van der Waals surface area contributed by atoms with Gasteiger partial charge in [-0.25, -0.2) is 4.98 Å². The first-order valence-electron chi connectivity index (χ1n) is 11.2. The van der Waals surface area contributed by atoms with Gasteiger partial charge in [0.15, 0.2) is 0 Å². The fourth-order valence-electron chi connectivity index (χ4n) is 3.51. The minimum Gasteiger partial charge on any atom is -0.480 e. The van der Waals surface area contributed by atoms with Gasteiger partial charge in [-0.2, -0.15) is 0 Å². The van der Waals surface area contributed by atoms with Crippen molar-refractivity contribution in [2.45, 2.75) is 50.3 Å². The first kappa shape index (κ1) is 25.5. The predicted octanol–water partition coefficient (Wildman–Crippen LogP) is 5.27. The van der Waals surface area contributed by atoms with Gasteiger partial charge in [0.05, 0.1) is 12.3 Å². The highest BCUT2D eigenvalue weighted by atomic mass is 32.2. The number of methoxy groups -OCH3 is 1. The molecule has 0 saturated heterocycles. The second-order valence-electron chi connectivity index (χ2n) is 8.46. The highest BCUT2D eigenvalue weighted by molar-refractivity contribution is 8.01. The Morgan fingerprint density at radius 1 is 1.12 bits per heavy atom. The molecule has 0 aliphatic heterocycles. The van der Waals surface area contributed by atoms with Crippen LogP contribution in [0.3, 0.4) is 0 Å². The summed E-state index contributed by atoms with van der Waals surface area (Å²) in [7, 11) is 1.62. The summed E-state index contributed by atoms with van der Waals surface area (Å²) >= 11 is 1.28. The van der Waals surface area contributed by atoms with Crippen molar-refractivity contribution < 1.29 is 19.4 Å². The monoisotopic (exact) mass is 481 g/mol. The van der Waals surface area contributed by atoms with Crippen LogP contribution in [-0.4, -0.2) is 45.0 Å². The molecular formula is C26H31N3O4S. The maximum atomic E-state index is 13.2. The van der Waals surface area contributed by atoms with Crippen LogP contribution in [0.5, 0.6) is 0 Å². The zero-order valence-corrected chi connectivity index (χ0v) is 21.0. The Morgan fingerprint density at radius 2 is 1.76 bits per heavy atom. The zero-order valence-electron chi connectivity index (χ0n) is 20.2. The van der Waals surface area contributed by atoms with Crippen molar-refractivity contribution in [3.8, 4) is 11.4 Å². The fourth-order valence-corrected chi connectivity index (χ4v) is 4.45. The van der Waals surface area contributed by atoms with Gasteiger partial charge < -0.3 is 19.7 Å². The first-order chi connectivity index (χ1) is 16.2. The third-order valence-corrected chi connectivity index (χ3v) is 6.69. The molecule has 0 bridgehead atoms. The number of aromatic nitrogens is 2. The molecular weight excluding hydrogens is 450 g/mol. The van der Waals surface area contributed by atoms with Crippen LogP contribution in [0.15, 0.2) is 53.4 Å². The topological polar surface area (TPSA) is 93.5 Å². The zero-order chi connectivity index (χ0) is 24.9. The van der Waals surface area contributed by atoms with Crippen LogP contribution in [0.4, 0.5) is 5.69 Å². The van der Waals surface area contributed by atoms with Crippen molar-refractivity contribution in [1.82, 2.24) is 9.55 Å². The summed E-state index contributed by atoms with van der Waals surface area (Å²) in [4.78, 5) is 30.2. The summed E-state index contributed by atoms with van der Waals surface area (Å²) in [5, 5.41) is 12.4. The number of ether oxygens (including phenoxy) is 1. The normalized spacial score (nSPS) is 11.4. The van der Waals surface area contributed by atoms with Gasteiger partial charge in [-0.3, -0.25) is 9.59 Å². The SMILES string of the molecule is CCc1ccc(NC(=O)c2c(C)nc(-c3ccc(SC(C)(C)C(=O)O)cc3)n2CCOC)cc1. The largest absolute Gasteiger partial charge is 0.480 e. The molecule has 1 aromatic heterocycles. The van der Waals surface area contributed by atoms with Crippen molar-refractivity contribution in [2.24, 2.45) is 0 Å². The number of rotatable bonds is 10. The molecule has 0 unspecified atom stereocenters. The molecule has 34 heavy (non-hydrogen) atoms. The molecule has 180 valence electrons. The van der Waals surface area contributed by atoms with E-state index < -0.39 is 10.7 Å². The van der Waals surface area contributed by atoms with Crippen LogP contribution in [-0.2, 0) is 22.5 Å². The van der Waals surface area contributed by atoms with Gasteiger partial charge in [0.2, 0.25) is 0 Å². The summed E-state index contributed by atoms with van der Waals surface area (Å²) in [5.74, 6) is -0.436. The first-order valence-corrected chi connectivity index (χ1v) is 12.0. The second-order valence-corrected chi connectivity index (χ2v) is 10.2. The number of thioether (sulfide) groups is 1. The third kappa shape index (κ3) is 5.87. The van der Waals surface area contributed by atoms with Gasteiger partial charge in [-0.1, -0.05) is 31.2 Å². The van der Waals surface area contributed by atoms with Crippen LogP contribution < -0.4 is 5.32 Å². The van der Waals surface area contributed by atoms with E-state index in [2.05, 4.69) is 12.2 Å². The number of carboxylic acids is 1. The number of carboxylic acid groups (broad SMARTS) is 1. The fraction of sp³-hybridized carbons (Fsp3) is 0.346. The minimum atomic E-state index is -0.935. The van der Waals surface area contributed by atoms with Crippen LogP contribution in [0.1, 0.15) is 42.5 Å². The lowest BCUT2D eigenvalue weighted by Crippen LogP contribution is -2.26. The average Bonchev–Trinajstić information content (AvgIpc) is 3.14. The van der Waals surface area contributed by atoms with E-state index in [-0.39, 0.29) is 5.91 Å². The van der Waals surface area contributed by atoms with Gasteiger partial charge in [0.25, 0.3) is 5.91 Å². The van der Waals surface area contributed by atoms with Crippen LogP contribution in [0.2, 0.25) is 0 Å². The lowest BCUT2D eigenvalue weighted by atomic mass is 10.1. The van der Waals surface area contributed by atoms with Crippen LogP contribution >= 0.6 is 11.8 Å². The number of imidazole rings is 1. The lowest BCUT2D eigenvalue weighted by Gasteiger charge is -2.18. The van der Waals surface area contributed by atoms with E-state index in [1.807, 2.05) is 60.0 Å². The number of aliphatic carboxylic acids is 1. The van der Waals surface area contributed by atoms with Gasteiger partial charge in [-0.15, -0.1) is 11.8 Å². The summed E-state index contributed by atoms with van der Waals surface area (Å²) in [6.07, 6.45) is 0.936. The van der Waals surface area contributed by atoms with E-state index in [1.54, 1.807) is 21.0 Å². The molecule has 0 radical (unpaired) electrons. The van der Waals surface area contributed by atoms with Crippen molar-refractivity contribution >= 4 is 29.3 Å². The summed E-state index contributed by atoms with van der Waals surface area (Å²) in [6, 6.07) is 15.4. The van der Waals surface area contributed by atoms with Gasteiger partial charge in [-0.05, 0) is 57.0 Å².